The summed E-state index contributed by atoms with van der Waals surface area (Å²) in [5.41, 5.74) is 3.07. The van der Waals surface area contributed by atoms with Gasteiger partial charge < -0.3 is 15.4 Å². The molecule has 24 heavy (non-hydrogen) atoms. The predicted octanol–water partition coefficient (Wildman–Crippen LogP) is 3.24. The Morgan fingerprint density at radius 1 is 1.38 bits per heavy atom. The molecule has 2 aromatic rings. The molecule has 2 aromatic heterocycles. The summed E-state index contributed by atoms with van der Waals surface area (Å²) in [5.74, 6) is 2.12. The lowest BCUT2D eigenvalue weighted by Gasteiger charge is -2.16. The number of nitrogens with zero attached hydrogens (tertiary/aromatic N) is 2. The van der Waals surface area contributed by atoms with Crippen molar-refractivity contribution < 1.29 is 4.74 Å². The molecule has 2 N–H and O–H groups in total. The molecule has 0 aliphatic rings. The van der Waals surface area contributed by atoms with Gasteiger partial charge in [0, 0.05) is 41.7 Å². The third-order valence-electron chi connectivity index (χ3n) is 4.00. The van der Waals surface area contributed by atoms with Crippen LogP contribution in [0.2, 0.25) is 0 Å². The standard InChI is InChI=1S/C18H26N4OS/c1-12(16-7-6-8-24-16)9-21-18(19-4)22-11-15-14(3)17(23-5)13(2)10-20-15/h6-8,10,12H,9,11H2,1-5H3,(H2,19,21,22). The van der Waals surface area contributed by atoms with E-state index in [-0.39, 0.29) is 0 Å². The maximum absolute atomic E-state index is 5.46. The van der Waals surface area contributed by atoms with Crippen molar-refractivity contribution in [2.45, 2.75) is 33.2 Å². The molecular formula is C18H26N4OS. The van der Waals surface area contributed by atoms with Gasteiger partial charge in [0.15, 0.2) is 5.96 Å². The summed E-state index contributed by atoms with van der Waals surface area (Å²) in [7, 11) is 3.47. The van der Waals surface area contributed by atoms with E-state index in [1.807, 2.05) is 20.0 Å². The number of methoxy groups -OCH3 is 1. The lowest BCUT2D eigenvalue weighted by molar-refractivity contribution is 0.406. The lowest BCUT2D eigenvalue weighted by atomic mass is 10.1. The van der Waals surface area contributed by atoms with E-state index in [4.69, 9.17) is 4.74 Å². The molecule has 2 rings (SSSR count). The number of aliphatic imine (C=N–C) groups is 1. The van der Waals surface area contributed by atoms with Gasteiger partial charge in [-0.2, -0.15) is 0 Å². The number of nitrogens with one attached hydrogen (secondary N) is 2. The molecule has 0 saturated carbocycles. The summed E-state index contributed by atoms with van der Waals surface area (Å²) in [5, 5.41) is 8.81. The molecule has 1 unspecified atom stereocenters. The summed E-state index contributed by atoms with van der Waals surface area (Å²) in [6.45, 7) is 7.69. The number of pyridine rings is 1. The maximum Gasteiger partial charge on any atom is 0.191 e. The zero-order valence-electron chi connectivity index (χ0n) is 15.0. The number of rotatable bonds is 6. The van der Waals surface area contributed by atoms with Gasteiger partial charge in [-0.3, -0.25) is 9.98 Å². The van der Waals surface area contributed by atoms with Crippen LogP contribution in [0, 0.1) is 13.8 Å². The molecule has 0 aromatic carbocycles. The van der Waals surface area contributed by atoms with Crippen LogP contribution < -0.4 is 15.4 Å². The average Bonchev–Trinajstić information content (AvgIpc) is 3.11. The van der Waals surface area contributed by atoms with Gasteiger partial charge in [0.25, 0.3) is 0 Å². The van der Waals surface area contributed by atoms with Crippen molar-refractivity contribution in [3.05, 3.63) is 45.4 Å². The van der Waals surface area contributed by atoms with E-state index in [1.54, 1.807) is 25.5 Å². The average molecular weight is 347 g/mol. The normalized spacial score (nSPS) is 12.8. The molecule has 0 bridgehead atoms. The van der Waals surface area contributed by atoms with Crippen LogP contribution in [0.5, 0.6) is 5.75 Å². The number of guanidine groups is 1. The Kier molecular flexibility index (Phi) is 6.61. The first-order chi connectivity index (χ1) is 11.6. The topological polar surface area (TPSA) is 58.5 Å². The van der Waals surface area contributed by atoms with E-state index in [0.29, 0.717) is 12.5 Å². The summed E-state index contributed by atoms with van der Waals surface area (Å²) >= 11 is 1.78. The number of ether oxygens (including phenoxy) is 1. The highest BCUT2D eigenvalue weighted by Crippen LogP contribution is 2.23. The molecule has 0 spiro atoms. The molecule has 0 aliphatic carbocycles. The Hall–Kier alpha value is -2.08. The molecule has 0 fully saturated rings. The summed E-state index contributed by atoms with van der Waals surface area (Å²) in [6.07, 6.45) is 1.85. The first kappa shape index (κ1) is 18.3. The van der Waals surface area contributed by atoms with Crippen LogP contribution in [-0.4, -0.2) is 31.6 Å². The second-order valence-electron chi connectivity index (χ2n) is 5.77. The van der Waals surface area contributed by atoms with Gasteiger partial charge >= 0.3 is 0 Å². The highest BCUT2D eigenvalue weighted by atomic mass is 32.1. The summed E-state index contributed by atoms with van der Waals surface area (Å²) < 4.78 is 5.46. The smallest absolute Gasteiger partial charge is 0.191 e. The van der Waals surface area contributed by atoms with Crippen molar-refractivity contribution in [1.29, 1.82) is 0 Å². The zero-order valence-corrected chi connectivity index (χ0v) is 15.8. The minimum absolute atomic E-state index is 0.447. The fraction of sp³-hybridized carbons (Fsp3) is 0.444. The summed E-state index contributed by atoms with van der Waals surface area (Å²) in [6, 6.07) is 4.25. The molecular weight excluding hydrogens is 320 g/mol. The maximum atomic E-state index is 5.46. The number of aryl methyl sites for hydroxylation is 1. The number of hydrogen-bond acceptors (Lipinski definition) is 4. The molecule has 130 valence electrons. The largest absolute Gasteiger partial charge is 0.496 e. The Bertz CT molecular complexity index is 683. The van der Waals surface area contributed by atoms with Crippen LogP contribution in [0.3, 0.4) is 0 Å². The van der Waals surface area contributed by atoms with Gasteiger partial charge in [0.2, 0.25) is 0 Å². The van der Waals surface area contributed by atoms with Gasteiger partial charge in [-0.15, -0.1) is 11.3 Å². The second kappa shape index (κ2) is 8.68. The van der Waals surface area contributed by atoms with Crippen molar-refractivity contribution in [3.8, 4) is 5.75 Å². The van der Waals surface area contributed by atoms with Crippen LogP contribution >= 0.6 is 11.3 Å². The van der Waals surface area contributed by atoms with Crippen molar-refractivity contribution in [2.75, 3.05) is 20.7 Å². The zero-order chi connectivity index (χ0) is 17.5. The first-order valence-electron chi connectivity index (χ1n) is 8.03. The Balaban J connectivity index is 1.92. The molecule has 2 heterocycles. The van der Waals surface area contributed by atoms with Gasteiger partial charge in [-0.25, -0.2) is 0 Å². The van der Waals surface area contributed by atoms with E-state index in [2.05, 4.69) is 45.0 Å². The third kappa shape index (κ3) is 4.47. The molecule has 0 saturated heterocycles. The first-order valence-corrected chi connectivity index (χ1v) is 8.91. The molecule has 0 radical (unpaired) electrons. The molecule has 1 atom stereocenters. The molecule has 5 nitrogen and oxygen atoms in total. The van der Waals surface area contributed by atoms with E-state index in [0.717, 1.165) is 35.1 Å². The molecule has 6 heteroatoms. The molecule has 0 aliphatic heterocycles. The predicted molar refractivity (Wildman–Crippen MR) is 101 cm³/mol. The third-order valence-corrected chi connectivity index (χ3v) is 5.11. The minimum atomic E-state index is 0.447. The van der Waals surface area contributed by atoms with Crippen LogP contribution in [-0.2, 0) is 6.54 Å². The lowest BCUT2D eigenvalue weighted by Crippen LogP contribution is -2.38. The Morgan fingerprint density at radius 3 is 2.79 bits per heavy atom. The van der Waals surface area contributed by atoms with Crippen LogP contribution in [0.15, 0.2) is 28.7 Å². The van der Waals surface area contributed by atoms with Crippen molar-refractivity contribution in [3.63, 3.8) is 0 Å². The quantitative estimate of drug-likeness (QED) is 0.623. The van der Waals surface area contributed by atoms with Crippen LogP contribution in [0.25, 0.3) is 0 Å². The Morgan fingerprint density at radius 2 is 2.17 bits per heavy atom. The highest BCUT2D eigenvalue weighted by Gasteiger charge is 2.11. The van der Waals surface area contributed by atoms with E-state index in [1.165, 1.54) is 4.88 Å². The fourth-order valence-electron chi connectivity index (χ4n) is 2.56. The van der Waals surface area contributed by atoms with Crippen molar-refractivity contribution >= 4 is 17.3 Å². The highest BCUT2D eigenvalue weighted by molar-refractivity contribution is 7.10. The van der Waals surface area contributed by atoms with Gasteiger partial charge in [0.1, 0.15) is 5.75 Å². The molecule has 0 amide bonds. The van der Waals surface area contributed by atoms with E-state index in [9.17, 15) is 0 Å². The monoisotopic (exact) mass is 346 g/mol. The van der Waals surface area contributed by atoms with Gasteiger partial charge in [-0.1, -0.05) is 13.0 Å². The van der Waals surface area contributed by atoms with E-state index < -0.39 is 0 Å². The number of thiophene rings is 1. The van der Waals surface area contributed by atoms with Crippen molar-refractivity contribution in [2.24, 2.45) is 4.99 Å². The van der Waals surface area contributed by atoms with E-state index >= 15 is 0 Å². The van der Waals surface area contributed by atoms with Gasteiger partial charge in [-0.05, 0) is 25.3 Å². The fourth-order valence-corrected chi connectivity index (χ4v) is 3.35. The number of aromatic nitrogens is 1. The van der Waals surface area contributed by atoms with Crippen LogP contribution in [0.1, 0.15) is 34.5 Å². The van der Waals surface area contributed by atoms with Gasteiger partial charge in [0.05, 0.1) is 19.3 Å². The minimum Gasteiger partial charge on any atom is -0.496 e. The van der Waals surface area contributed by atoms with Crippen LogP contribution in [0.4, 0.5) is 0 Å². The summed E-state index contributed by atoms with van der Waals surface area (Å²) in [4.78, 5) is 10.2. The Labute approximate surface area is 148 Å². The second-order valence-corrected chi connectivity index (χ2v) is 6.75. The number of hydrogen-bond donors (Lipinski definition) is 2. The van der Waals surface area contributed by atoms with Crippen molar-refractivity contribution in [1.82, 2.24) is 15.6 Å². The SMILES string of the molecule is CN=C(NCc1ncc(C)c(OC)c1C)NCC(C)c1cccs1.